The van der Waals surface area contributed by atoms with E-state index in [0.29, 0.717) is 0 Å². The van der Waals surface area contributed by atoms with Gasteiger partial charge in [0.25, 0.3) is 5.69 Å². The number of nitro groups is 1. The lowest BCUT2D eigenvalue weighted by Crippen LogP contribution is -2.07. The fraction of sp³-hybridized carbons (Fsp3) is 0.143. The van der Waals surface area contributed by atoms with Crippen LogP contribution in [-0.4, -0.2) is 17.5 Å². The van der Waals surface area contributed by atoms with Gasteiger partial charge < -0.3 is 10.1 Å². The topological polar surface area (TPSA) is 153 Å². The summed E-state index contributed by atoms with van der Waals surface area (Å²) in [5.41, 5.74) is -1.38. The molecule has 9 nitrogen and oxygen atoms in total. The second-order valence-electron chi connectivity index (χ2n) is 3.96. The first-order valence-corrected chi connectivity index (χ1v) is 6.15. The summed E-state index contributed by atoms with van der Waals surface area (Å²) in [7, 11) is 0. The van der Waals surface area contributed by atoms with Crippen LogP contribution in [0.3, 0.4) is 0 Å². The van der Waals surface area contributed by atoms with Crippen LogP contribution >= 0.6 is 0 Å². The maximum atomic E-state index is 11.7. The lowest BCUT2D eigenvalue weighted by molar-refractivity contribution is -0.384. The van der Waals surface area contributed by atoms with Gasteiger partial charge >= 0.3 is 5.97 Å². The zero-order valence-electron chi connectivity index (χ0n) is 11.9. The summed E-state index contributed by atoms with van der Waals surface area (Å²) < 4.78 is 4.77. The van der Waals surface area contributed by atoms with Crippen LogP contribution in [0.5, 0.6) is 0 Å². The summed E-state index contributed by atoms with van der Waals surface area (Å²) >= 11 is 0. The minimum absolute atomic E-state index is 0.00167. The predicted octanol–water partition coefficient (Wildman–Crippen LogP) is 2.01. The van der Waals surface area contributed by atoms with E-state index < -0.39 is 22.2 Å². The van der Waals surface area contributed by atoms with Crippen molar-refractivity contribution in [3.8, 4) is 18.2 Å². The molecule has 0 fully saturated rings. The average Bonchev–Trinajstić information content (AvgIpc) is 2.54. The predicted molar refractivity (Wildman–Crippen MR) is 76.5 cm³/mol. The van der Waals surface area contributed by atoms with Crippen molar-refractivity contribution in [1.82, 2.24) is 0 Å². The number of carbonyl (C=O) groups excluding carboxylic acids is 1. The number of esters is 1. The van der Waals surface area contributed by atoms with Crippen molar-refractivity contribution in [2.75, 3.05) is 11.9 Å². The van der Waals surface area contributed by atoms with Gasteiger partial charge in [-0.15, -0.1) is 0 Å². The molecule has 0 radical (unpaired) electrons. The first-order chi connectivity index (χ1) is 11.0. The molecule has 0 unspecified atom stereocenters. The molecule has 114 valence electrons. The molecule has 1 N–H and O–H groups in total. The highest BCUT2D eigenvalue weighted by Gasteiger charge is 2.16. The van der Waals surface area contributed by atoms with E-state index >= 15 is 0 Å². The van der Waals surface area contributed by atoms with E-state index in [4.69, 9.17) is 20.5 Å². The average molecular weight is 311 g/mol. The van der Waals surface area contributed by atoms with Crippen molar-refractivity contribution in [2.45, 2.75) is 6.92 Å². The third-order valence-electron chi connectivity index (χ3n) is 2.49. The molecule has 0 spiro atoms. The van der Waals surface area contributed by atoms with Crippen LogP contribution in [0.1, 0.15) is 17.3 Å². The monoisotopic (exact) mass is 311 g/mol. The Labute approximate surface area is 130 Å². The number of nitriles is 3. The molecular weight excluding hydrogens is 302 g/mol. The second kappa shape index (κ2) is 7.77. The van der Waals surface area contributed by atoms with E-state index in [9.17, 15) is 14.9 Å². The summed E-state index contributed by atoms with van der Waals surface area (Å²) in [6.07, 6.45) is 0. The molecule has 0 amide bonds. The van der Waals surface area contributed by atoms with Crippen LogP contribution in [0.25, 0.3) is 0 Å². The number of benzene rings is 1. The Morgan fingerprint density at radius 2 is 1.91 bits per heavy atom. The van der Waals surface area contributed by atoms with E-state index in [1.54, 1.807) is 13.0 Å². The fourth-order valence-corrected chi connectivity index (χ4v) is 1.55. The van der Waals surface area contributed by atoms with Gasteiger partial charge in [-0.25, -0.2) is 4.79 Å². The maximum absolute atomic E-state index is 11.7. The molecule has 9 heteroatoms. The highest BCUT2D eigenvalue weighted by molar-refractivity contribution is 5.91. The molecule has 1 rings (SSSR count). The number of nitro benzene ring substituents is 1. The van der Waals surface area contributed by atoms with Crippen LogP contribution in [0.2, 0.25) is 0 Å². The van der Waals surface area contributed by atoms with Crippen LogP contribution in [0, 0.1) is 44.1 Å². The van der Waals surface area contributed by atoms with Gasteiger partial charge in [-0.3, -0.25) is 10.1 Å². The van der Waals surface area contributed by atoms with E-state index in [1.807, 2.05) is 0 Å². The molecule has 0 saturated carbocycles. The SMILES string of the molecule is CCOC(=O)c1cc(NC(C#N)=C(C#N)C#N)cc([N+](=O)[O-])c1. The van der Waals surface area contributed by atoms with E-state index in [-0.39, 0.29) is 23.6 Å². The zero-order chi connectivity index (χ0) is 17.4. The quantitative estimate of drug-likeness (QED) is 0.375. The Bertz CT molecular complexity index is 792. The van der Waals surface area contributed by atoms with Crippen molar-refractivity contribution < 1.29 is 14.5 Å². The molecule has 0 heterocycles. The third kappa shape index (κ3) is 4.28. The summed E-state index contributed by atoms with van der Waals surface area (Å²) in [5, 5.41) is 39.8. The summed E-state index contributed by atoms with van der Waals surface area (Å²) in [6.45, 7) is 1.66. The molecule has 0 atom stereocenters. The standard InChI is InChI=1S/C14H9N5O4/c1-2-23-14(20)9-3-11(5-12(4-9)19(21)22)18-13(8-17)10(6-15)7-16/h3-5,18H,2H2,1H3. The Morgan fingerprint density at radius 1 is 1.26 bits per heavy atom. The minimum Gasteiger partial charge on any atom is -0.462 e. The number of anilines is 1. The van der Waals surface area contributed by atoms with Gasteiger partial charge in [-0.2, -0.15) is 15.8 Å². The molecule has 1 aromatic rings. The van der Waals surface area contributed by atoms with Crippen molar-refractivity contribution in [3.05, 3.63) is 45.1 Å². The molecule has 0 aliphatic heterocycles. The maximum Gasteiger partial charge on any atom is 0.338 e. The highest BCUT2D eigenvalue weighted by Crippen LogP contribution is 2.23. The van der Waals surface area contributed by atoms with Crippen LogP contribution < -0.4 is 5.32 Å². The van der Waals surface area contributed by atoms with Crippen molar-refractivity contribution >= 4 is 17.3 Å². The van der Waals surface area contributed by atoms with Gasteiger partial charge in [-0.1, -0.05) is 0 Å². The van der Waals surface area contributed by atoms with Gasteiger partial charge in [0.15, 0.2) is 5.57 Å². The van der Waals surface area contributed by atoms with E-state index in [0.717, 1.165) is 12.1 Å². The number of nitrogens with one attached hydrogen (secondary N) is 1. The minimum atomic E-state index is -0.775. The summed E-state index contributed by atoms with van der Waals surface area (Å²) in [6, 6.07) is 7.97. The molecule has 0 saturated heterocycles. The van der Waals surface area contributed by atoms with Gasteiger partial charge in [0.1, 0.15) is 23.9 Å². The number of non-ortho nitro benzene ring substituents is 1. The number of carbonyl (C=O) groups is 1. The number of hydrogen-bond acceptors (Lipinski definition) is 8. The second-order valence-corrected chi connectivity index (χ2v) is 3.96. The van der Waals surface area contributed by atoms with Gasteiger partial charge in [-0.05, 0) is 13.0 Å². The molecule has 1 aromatic carbocycles. The zero-order valence-corrected chi connectivity index (χ0v) is 11.9. The van der Waals surface area contributed by atoms with Crippen molar-refractivity contribution in [3.63, 3.8) is 0 Å². The smallest absolute Gasteiger partial charge is 0.338 e. The van der Waals surface area contributed by atoms with Crippen LogP contribution in [0.15, 0.2) is 29.5 Å². The molecule has 23 heavy (non-hydrogen) atoms. The molecule has 0 aliphatic rings. The highest BCUT2D eigenvalue weighted by atomic mass is 16.6. The van der Waals surface area contributed by atoms with Crippen LogP contribution in [0.4, 0.5) is 11.4 Å². The Kier molecular flexibility index (Phi) is 5.79. The lowest BCUT2D eigenvalue weighted by atomic mass is 10.1. The van der Waals surface area contributed by atoms with E-state index in [2.05, 4.69) is 5.32 Å². The first kappa shape index (κ1) is 17.2. The summed E-state index contributed by atoms with van der Waals surface area (Å²) in [4.78, 5) is 21.9. The first-order valence-electron chi connectivity index (χ1n) is 6.15. The summed E-state index contributed by atoms with van der Waals surface area (Å²) in [5.74, 6) is -0.775. The number of hydrogen-bond donors (Lipinski definition) is 1. The normalized spacial score (nSPS) is 8.78. The number of ether oxygens (including phenoxy) is 1. The molecule has 0 aromatic heterocycles. The lowest BCUT2D eigenvalue weighted by Gasteiger charge is -2.07. The molecule has 0 bridgehead atoms. The Balaban J connectivity index is 3.37. The number of nitrogens with zero attached hydrogens (tertiary/aromatic N) is 4. The molecule has 0 aliphatic carbocycles. The van der Waals surface area contributed by atoms with Gasteiger partial charge in [0.2, 0.25) is 0 Å². The fourth-order valence-electron chi connectivity index (χ4n) is 1.55. The van der Waals surface area contributed by atoms with Gasteiger partial charge in [0, 0.05) is 17.8 Å². The van der Waals surface area contributed by atoms with Crippen molar-refractivity contribution in [2.24, 2.45) is 0 Å². The van der Waals surface area contributed by atoms with Crippen molar-refractivity contribution in [1.29, 1.82) is 15.8 Å². The number of allylic oxidation sites excluding steroid dienone is 2. The van der Waals surface area contributed by atoms with E-state index in [1.165, 1.54) is 18.2 Å². The Morgan fingerprint density at radius 3 is 2.39 bits per heavy atom. The Hall–Kier alpha value is -3.90. The van der Waals surface area contributed by atoms with Crippen LogP contribution in [-0.2, 0) is 4.74 Å². The molecular formula is C14H9N5O4. The number of rotatable bonds is 5. The largest absolute Gasteiger partial charge is 0.462 e. The third-order valence-corrected chi connectivity index (χ3v) is 2.49. The van der Waals surface area contributed by atoms with Gasteiger partial charge in [0.05, 0.1) is 17.1 Å².